The van der Waals surface area contributed by atoms with Gasteiger partial charge in [0.05, 0.1) is 37.3 Å². The molecule has 0 aromatic carbocycles. The van der Waals surface area contributed by atoms with Crippen LogP contribution in [-0.4, -0.2) is 59.5 Å². The van der Waals surface area contributed by atoms with Gasteiger partial charge >= 0.3 is 0 Å². The first kappa shape index (κ1) is 27.9. The van der Waals surface area contributed by atoms with Crippen LogP contribution in [0.25, 0.3) is 16.9 Å². The van der Waals surface area contributed by atoms with Crippen LogP contribution in [-0.2, 0) is 16.2 Å². The molecule has 0 N–H and O–H groups in total. The van der Waals surface area contributed by atoms with Crippen LogP contribution in [0, 0.1) is 0 Å². The number of aromatic nitrogens is 4. The summed E-state index contributed by atoms with van der Waals surface area (Å²) in [5.74, 6) is 1.02. The first-order valence-electron chi connectivity index (χ1n) is 12.3. The van der Waals surface area contributed by atoms with E-state index in [-0.39, 0.29) is 10.8 Å². The number of methoxy groups -OCH3 is 1. The average Bonchev–Trinajstić information content (AvgIpc) is 3.34. The average molecular weight is 516 g/mol. The van der Waals surface area contributed by atoms with E-state index in [4.69, 9.17) is 14.5 Å². The van der Waals surface area contributed by atoms with Crippen molar-refractivity contribution in [3.8, 4) is 22.9 Å². The Bertz CT molecular complexity index is 1150. The molecular formula is C26H37N5O4S. The predicted octanol–water partition coefficient (Wildman–Crippen LogP) is 4.78. The van der Waals surface area contributed by atoms with Crippen LogP contribution in [0.3, 0.4) is 0 Å². The Morgan fingerprint density at radius 1 is 1.25 bits per heavy atom. The molecule has 36 heavy (non-hydrogen) atoms. The summed E-state index contributed by atoms with van der Waals surface area (Å²) in [6.45, 7) is 11.0. The van der Waals surface area contributed by atoms with Crippen molar-refractivity contribution in [1.29, 1.82) is 0 Å². The van der Waals surface area contributed by atoms with E-state index in [1.165, 1.54) is 0 Å². The Balaban J connectivity index is 1.94. The smallest absolute Gasteiger partial charge is 0.258 e. The quantitative estimate of drug-likeness (QED) is 0.182. The Labute approximate surface area is 216 Å². The van der Waals surface area contributed by atoms with Crippen molar-refractivity contribution in [3.05, 3.63) is 36.5 Å². The van der Waals surface area contributed by atoms with E-state index in [2.05, 4.69) is 9.97 Å². The highest BCUT2D eigenvalue weighted by Crippen LogP contribution is 2.35. The number of hydrogen-bond donors (Lipinski definition) is 0. The summed E-state index contributed by atoms with van der Waals surface area (Å²) in [5.41, 5.74) is 2.82. The molecule has 3 heterocycles. The van der Waals surface area contributed by atoms with Crippen LogP contribution in [0.15, 0.2) is 30.9 Å². The zero-order valence-electron chi connectivity index (χ0n) is 22.1. The van der Waals surface area contributed by atoms with Gasteiger partial charge in [0.25, 0.3) is 5.88 Å². The number of hydrogen-bond acceptors (Lipinski definition) is 8. The summed E-state index contributed by atoms with van der Waals surface area (Å²) in [4.78, 5) is 24.3. The van der Waals surface area contributed by atoms with Gasteiger partial charge in [-0.2, -0.15) is 0 Å². The van der Waals surface area contributed by atoms with E-state index in [0.717, 1.165) is 36.8 Å². The van der Waals surface area contributed by atoms with Crippen molar-refractivity contribution in [3.63, 3.8) is 0 Å². The summed E-state index contributed by atoms with van der Waals surface area (Å²) < 4.78 is 28.2. The molecule has 3 rings (SSSR count). The minimum absolute atomic E-state index is 0.182. The zero-order valence-corrected chi connectivity index (χ0v) is 22.9. The highest BCUT2D eigenvalue weighted by molar-refractivity contribution is 7.90. The van der Waals surface area contributed by atoms with Gasteiger partial charge in [0.1, 0.15) is 16.8 Å². The number of aldehydes is 1. The molecule has 3 aromatic rings. The normalized spacial score (nSPS) is 13.7. The number of rotatable bonds is 13. The molecule has 0 aliphatic rings. The number of imidazole rings is 1. The fraction of sp³-hybridized carbons (Fsp3) is 0.538. The maximum absolute atomic E-state index is 13.2. The van der Waals surface area contributed by atoms with Gasteiger partial charge in [-0.05, 0) is 59.9 Å². The Morgan fingerprint density at radius 3 is 2.69 bits per heavy atom. The number of pyridine rings is 1. The molecule has 3 aromatic heterocycles. The lowest BCUT2D eigenvalue weighted by molar-refractivity contribution is -0.107. The number of unbranched alkanes of at least 4 members (excludes halogenated alkanes) is 3. The third-order valence-corrected chi connectivity index (χ3v) is 7.89. The molecule has 196 valence electrons. The molecule has 0 bridgehead atoms. The Morgan fingerprint density at radius 2 is 2.03 bits per heavy atom. The van der Waals surface area contributed by atoms with Crippen molar-refractivity contribution >= 4 is 23.3 Å². The third kappa shape index (κ3) is 6.54. The maximum Gasteiger partial charge on any atom is 0.258 e. The number of carbonyl (C=O) groups is 1. The summed E-state index contributed by atoms with van der Waals surface area (Å²) in [6, 6.07) is 1.76. The highest BCUT2D eigenvalue weighted by atomic mass is 32.2. The summed E-state index contributed by atoms with van der Waals surface area (Å²) in [7, 11) is 1.60. The van der Waals surface area contributed by atoms with Gasteiger partial charge in [0, 0.05) is 48.5 Å². The predicted molar refractivity (Wildman–Crippen MR) is 141 cm³/mol. The molecular weight excluding hydrogens is 478 g/mol. The van der Waals surface area contributed by atoms with Crippen molar-refractivity contribution < 1.29 is 18.8 Å². The van der Waals surface area contributed by atoms with Gasteiger partial charge in [-0.1, -0.05) is 0 Å². The van der Waals surface area contributed by atoms with E-state index in [9.17, 15) is 9.35 Å². The summed E-state index contributed by atoms with van der Waals surface area (Å²) in [5, 5.41) is 0. The van der Waals surface area contributed by atoms with Crippen molar-refractivity contribution in [2.24, 2.45) is 0 Å². The Kier molecular flexibility index (Phi) is 9.69. The van der Waals surface area contributed by atoms with Crippen molar-refractivity contribution in [2.75, 3.05) is 20.3 Å². The standard InChI is InChI=1S/C26H37N5O4S/c1-7-31(36(33)26(3,4)5)19(2)21-16-20(23(34-6)17-28-21)22-18-30-13-12-27-24(30)25(29-22)35-15-11-9-8-10-14-32/h12-14,16-19H,7-11,15H2,1-6H3/t19-,36?/m1/s1. The van der Waals surface area contributed by atoms with E-state index >= 15 is 0 Å². The molecule has 0 spiro atoms. The lowest BCUT2D eigenvalue weighted by atomic mass is 10.1. The van der Waals surface area contributed by atoms with Gasteiger partial charge in [0.15, 0.2) is 0 Å². The number of fused-ring (bicyclic) bond motifs is 1. The van der Waals surface area contributed by atoms with Crippen LogP contribution < -0.4 is 9.47 Å². The topological polar surface area (TPSA) is 105 Å². The minimum Gasteiger partial charge on any atom is -0.597 e. The second-order valence-corrected chi connectivity index (χ2v) is 11.7. The maximum atomic E-state index is 13.2. The van der Waals surface area contributed by atoms with Crippen molar-refractivity contribution in [1.82, 2.24) is 23.7 Å². The summed E-state index contributed by atoms with van der Waals surface area (Å²) >= 11 is -1.19. The molecule has 0 amide bonds. The van der Waals surface area contributed by atoms with Gasteiger partial charge in [-0.25, -0.2) is 9.97 Å². The minimum atomic E-state index is -1.19. The number of carbonyl (C=O) groups excluding carboxylic acids is 1. The first-order chi connectivity index (χ1) is 17.2. The van der Waals surface area contributed by atoms with Gasteiger partial charge in [-0.3, -0.25) is 4.98 Å². The second kappa shape index (κ2) is 12.5. The number of ether oxygens (including phenoxy) is 2. The van der Waals surface area contributed by atoms with Gasteiger partial charge < -0.3 is 23.2 Å². The first-order valence-corrected chi connectivity index (χ1v) is 13.4. The molecule has 0 aliphatic carbocycles. The molecule has 2 atom stereocenters. The van der Waals surface area contributed by atoms with Crippen molar-refractivity contribution in [2.45, 2.75) is 71.1 Å². The lowest BCUT2D eigenvalue weighted by Crippen LogP contribution is -2.44. The number of nitrogens with zero attached hydrogens (tertiary/aromatic N) is 5. The SMILES string of the molecule is CCN([C@H](C)c1cc(-c2cn3ccnc3c(OCCCCCC=O)n2)c(OC)cn1)[S+]([O-])C(C)(C)C. The second-order valence-electron chi connectivity index (χ2n) is 9.53. The van der Waals surface area contributed by atoms with Crippen LogP contribution in [0.1, 0.15) is 72.0 Å². The largest absolute Gasteiger partial charge is 0.597 e. The van der Waals surface area contributed by atoms with Gasteiger partial charge in [0.2, 0.25) is 5.65 Å². The van der Waals surface area contributed by atoms with Crippen LogP contribution >= 0.6 is 0 Å². The van der Waals surface area contributed by atoms with E-state index in [0.29, 0.717) is 42.5 Å². The Hall–Kier alpha value is -2.69. The van der Waals surface area contributed by atoms with E-state index < -0.39 is 11.4 Å². The molecule has 9 nitrogen and oxygen atoms in total. The third-order valence-electron chi connectivity index (χ3n) is 5.84. The summed E-state index contributed by atoms with van der Waals surface area (Å²) in [6.07, 6.45) is 11.2. The van der Waals surface area contributed by atoms with E-state index in [1.807, 2.05) is 61.8 Å². The van der Waals surface area contributed by atoms with Crippen LogP contribution in [0.5, 0.6) is 11.6 Å². The molecule has 10 heteroatoms. The molecule has 0 radical (unpaired) electrons. The molecule has 1 unspecified atom stereocenters. The highest BCUT2D eigenvalue weighted by Gasteiger charge is 2.36. The molecule has 0 saturated carbocycles. The molecule has 0 fully saturated rings. The van der Waals surface area contributed by atoms with Gasteiger partial charge in [-0.15, -0.1) is 4.31 Å². The van der Waals surface area contributed by atoms with Crippen LogP contribution in [0.4, 0.5) is 0 Å². The zero-order chi connectivity index (χ0) is 26.3. The fourth-order valence-electron chi connectivity index (χ4n) is 3.89. The van der Waals surface area contributed by atoms with E-state index in [1.54, 1.807) is 19.5 Å². The van der Waals surface area contributed by atoms with Crippen LogP contribution in [0.2, 0.25) is 0 Å². The lowest BCUT2D eigenvalue weighted by Gasteiger charge is -2.35. The fourth-order valence-corrected chi connectivity index (χ4v) is 5.22. The monoisotopic (exact) mass is 515 g/mol. The molecule has 0 saturated heterocycles. The molecule has 0 aliphatic heterocycles.